The molecule has 2 N–H and O–H groups in total. The number of rotatable bonds is 5. The molecule has 0 heterocycles. The Kier molecular flexibility index (Phi) is 4.79. The Hall–Kier alpha value is -2.81. The van der Waals surface area contributed by atoms with Gasteiger partial charge in [-0.1, -0.05) is 35.9 Å². The summed E-state index contributed by atoms with van der Waals surface area (Å²) in [4.78, 5) is 12.1. The van der Waals surface area contributed by atoms with Crippen molar-refractivity contribution < 1.29 is 15.0 Å². The molecule has 112 valence electrons. The third-order valence-corrected chi connectivity index (χ3v) is 3.32. The summed E-state index contributed by atoms with van der Waals surface area (Å²) < 4.78 is 0. The molecule has 0 saturated heterocycles. The second kappa shape index (κ2) is 6.76. The Bertz CT molecular complexity index is 742. The molecule has 0 radical (unpaired) electrons. The van der Waals surface area contributed by atoms with Gasteiger partial charge < -0.3 is 10.2 Å². The Labute approximate surface area is 129 Å². The highest BCUT2D eigenvalue weighted by Gasteiger charge is 2.08. The highest BCUT2D eigenvalue weighted by atomic mass is 16.3. The topological polar surface area (TPSA) is 57.5 Å². The van der Waals surface area contributed by atoms with Crippen LogP contribution in [-0.2, 0) is 6.42 Å². The molecule has 0 unspecified atom stereocenters. The van der Waals surface area contributed by atoms with Crippen molar-refractivity contribution in [2.45, 2.75) is 13.3 Å². The minimum atomic E-state index is -0.282. The lowest BCUT2D eigenvalue weighted by atomic mass is 10.0. The lowest BCUT2D eigenvalue weighted by Crippen LogP contribution is -1.95. The number of allylic oxidation sites excluding steroid dienone is 2. The molecule has 0 aromatic heterocycles. The van der Waals surface area contributed by atoms with E-state index in [9.17, 15) is 15.0 Å². The van der Waals surface area contributed by atoms with Gasteiger partial charge in [-0.25, -0.2) is 0 Å². The number of phenols is 2. The van der Waals surface area contributed by atoms with E-state index in [0.717, 1.165) is 11.1 Å². The number of phenolic OH excluding ortho intramolecular Hbond substituents is 2. The third kappa shape index (κ3) is 3.64. The third-order valence-electron chi connectivity index (χ3n) is 3.32. The average molecular weight is 294 g/mol. The maximum atomic E-state index is 12.1. The molecule has 0 saturated carbocycles. The summed E-state index contributed by atoms with van der Waals surface area (Å²) >= 11 is 0. The van der Waals surface area contributed by atoms with E-state index in [0.29, 0.717) is 12.0 Å². The van der Waals surface area contributed by atoms with Crippen molar-refractivity contribution in [3.05, 3.63) is 77.4 Å². The van der Waals surface area contributed by atoms with Crippen LogP contribution in [0.25, 0.3) is 6.08 Å². The standard InChI is InChI=1S/C19H18O3/c1-3-4-15-8-6-14(12-19(15)22)7-10-18(21)16-11-13(2)5-9-17(16)20/h3,5-12,20,22H,1,4H2,2H3/b10-7+. The van der Waals surface area contributed by atoms with E-state index >= 15 is 0 Å². The van der Waals surface area contributed by atoms with Gasteiger partial charge in [-0.15, -0.1) is 6.58 Å². The fraction of sp³-hybridized carbons (Fsp3) is 0.105. The summed E-state index contributed by atoms with van der Waals surface area (Å²) in [6.07, 6.45) is 5.30. The summed E-state index contributed by atoms with van der Waals surface area (Å²) in [7, 11) is 0. The summed E-state index contributed by atoms with van der Waals surface area (Å²) in [5.74, 6) is -0.145. The zero-order valence-electron chi connectivity index (χ0n) is 12.4. The number of aryl methyl sites for hydroxylation is 1. The number of hydrogen-bond donors (Lipinski definition) is 2. The fourth-order valence-electron chi connectivity index (χ4n) is 2.12. The van der Waals surface area contributed by atoms with Gasteiger partial charge in [0, 0.05) is 0 Å². The van der Waals surface area contributed by atoms with E-state index in [1.54, 1.807) is 36.4 Å². The largest absolute Gasteiger partial charge is 0.508 e. The highest BCUT2D eigenvalue weighted by Crippen LogP contribution is 2.22. The lowest BCUT2D eigenvalue weighted by Gasteiger charge is -2.03. The van der Waals surface area contributed by atoms with Gasteiger partial charge in [0.05, 0.1) is 5.56 Å². The molecule has 3 heteroatoms. The van der Waals surface area contributed by atoms with Crippen molar-refractivity contribution >= 4 is 11.9 Å². The fourth-order valence-corrected chi connectivity index (χ4v) is 2.12. The van der Waals surface area contributed by atoms with Crippen LogP contribution in [0.1, 0.15) is 27.0 Å². The van der Waals surface area contributed by atoms with Crippen LogP contribution in [0.3, 0.4) is 0 Å². The smallest absolute Gasteiger partial charge is 0.189 e. The lowest BCUT2D eigenvalue weighted by molar-refractivity contribution is 0.104. The van der Waals surface area contributed by atoms with Gasteiger partial charge in [-0.3, -0.25) is 4.79 Å². The number of benzene rings is 2. The molecule has 2 aromatic rings. The second-order valence-electron chi connectivity index (χ2n) is 5.10. The number of hydrogen-bond acceptors (Lipinski definition) is 3. The molecule has 0 aliphatic carbocycles. The molecule has 2 rings (SSSR count). The highest BCUT2D eigenvalue weighted by molar-refractivity contribution is 6.08. The predicted octanol–water partition coefficient (Wildman–Crippen LogP) is 4.03. The molecule has 3 nitrogen and oxygen atoms in total. The Balaban J connectivity index is 2.21. The Morgan fingerprint density at radius 2 is 1.91 bits per heavy atom. The van der Waals surface area contributed by atoms with Crippen LogP contribution in [0.5, 0.6) is 11.5 Å². The van der Waals surface area contributed by atoms with Gasteiger partial charge in [-0.2, -0.15) is 0 Å². The number of carbonyl (C=O) groups excluding carboxylic acids is 1. The molecule has 2 aromatic carbocycles. The second-order valence-corrected chi connectivity index (χ2v) is 5.10. The quantitative estimate of drug-likeness (QED) is 0.497. The predicted molar refractivity (Wildman–Crippen MR) is 88.2 cm³/mol. The van der Waals surface area contributed by atoms with Gasteiger partial charge in [0.15, 0.2) is 5.78 Å². The minimum Gasteiger partial charge on any atom is -0.508 e. The number of ketones is 1. The SMILES string of the molecule is C=CCc1ccc(/C=C/C(=O)c2cc(C)ccc2O)cc1O. The molecule has 22 heavy (non-hydrogen) atoms. The zero-order chi connectivity index (χ0) is 16.1. The Morgan fingerprint density at radius 3 is 2.59 bits per heavy atom. The summed E-state index contributed by atoms with van der Waals surface area (Å²) in [6.45, 7) is 5.49. The van der Waals surface area contributed by atoms with Gasteiger partial charge in [0.2, 0.25) is 0 Å². The monoisotopic (exact) mass is 294 g/mol. The van der Waals surface area contributed by atoms with Gasteiger partial charge >= 0.3 is 0 Å². The molecule has 0 fully saturated rings. The van der Waals surface area contributed by atoms with E-state index in [1.807, 2.05) is 13.0 Å². The molecule has 0 bridgehead atoms. The van der Waals surface area contributed by atoms with Crippen LogP contribution in [0.2, 0.25) is 0 Å². The van der Waals surface area contributed by atoms with Crippen molar-refractivity contribution in [2.75, 3.05) is 0 Å². The van der Waals surface area contributed by atoms with E-state index in [1.165, 1.54) is 12.1 Å². The summed E-state index contributed by atoms with van der Waals surface area (Å²) in [6, 6.07) is 10.1. The van der Waals surface area contributed by atoms with Gasteiger partial charge in [-0.05, 0) is 48.7 Å². The van der Waals surface area contributed by atoms with E-state index in [2.05, 4.69) is 6.58 Å². The van der Waals surface area contributed by atoms with Crippen LogP contribution in [0.4, 0.5) is 0 Å². The molecule has 0 amide bonds. The molecule has 0 aliphatic rings. The van der Waals surface area contributed by atoms with Gasteiger partial charge in [0.1, 0.15) is 11.5 Å². The van der Waals surface area contributed by atoms with Crippen LogP contribution in [0.15, 0.2) is 55.1 Å². The molecule has 0 spiro atoms. The first-order valence-electron chi connectivity index (χ1n) is 6.96. The normalized spacial score (nSPS) is 10.8. The van der Waals surface area contributed by atoms with Crippen molar-refractivity contribution in [1.82, 2.24) is 0 Å². The van der Waals surface area contributed by atoms with Crippen molar-refractivity contribution in [1.29, 1.82) is 0 Å². The first-order chi connectivity index (χ1) is 10.5. The van der Waals surface area contributed by atoms with Crippen LogP contribution < -0.4 is 0 Å². The average Bonchev–Trinajstić information content (AvgIpc) is 2.50. The maximum absolute atomic E-state index is 12.1. The van der Waals surface area contributed by atoms with E-state index < -0.39 is 0 Å². The van der Waals surface area contributed by atoms with Crippen molar-refractivity contribution in [2.24, 2.45) is 0 Å². The van der Waals surface area contributed by atoms with E-state index in [4.69, 9.17) is 0 Å². The molecular formula is C19H18O3. The first-order valence-corrected chi connectivity index (χ1v) is 6.96. The maximum Gasteiger partial charge on any atom is 0.189 e. The molecule has 0 aliphatic heterocycles. The summed E-state index contributed by atoms with van der Waals surface area (Å²) in [5, 5.41) is 19.6. The first kappa shape index (κ1) is 15.6. The van der Waals surface area contributed by atoms with Crippen molar-refractivity contribution in [3.8, 4) is 11.5 Å². The van der Waals surface area contributed by atoms with Crippen LogP contribution >= 0.6 is 0 Å². The minimum absolute atomic E-state index is 0.0376. The molecule has 0 atom stereocenters. The van der Waals surface area contributed by atoms with Crippen LogP contribution in [-0.4, -0.2) is 16.0 Å². The molecular weight excluding hydrogens is 276 g/mol. The zero-order valence-corrected chi connectivity index (χ0v) is 12.4. The number of aromatic hydroxyl groups is 2. The van der Waals surface area contributed by atoms with Crippen LogP contribution in [0, 0.1) is 6.92 Å². The summed E-state index contributed by atoms with van der Waals surface area (Å²) in [5.41, 5.74) is 2.67. The van der Waals surface area contributed by atoms with Gasteiger partial charge in [0.25, 0.3) is 0 Å². The number of carbonyl (C=O) groups is 1. The van der Waals surface area contributed by atoms with Crippen molar-refractivity contribution in [3.63, 3.8) is 0 Å². The Morgan fingerprint density at radius 1 is 1.14 bits per heavy atom. The van der Waals surface area contributed by atoms with E-state index in [-0.39, 0.29) is 22.8 Å².